The molecule has 0 bridgehead atoms. The van der Waals surface area contributed by atoms with E-state index in [4.69, 9.17) is 5.73 Å². The topological polar surface area (TPSA) is 55.1 Å². The second kappa shape index (κ2) is 7.96. The summed E-state index contributed by atoms with van der Waals surface area (Å²) < 4.78 is 0. The van der Waals surface area contributed by atoms with E-state index < -0.39 is 0 Å². The van der Waals surface area contributed by atoms with Crippen LogP contribution in [0.1, 0.15) is 45.4 Å². The first kappa shape index (κ1) is 13.8. The molecule has 1 atom stereocenters. The third-order valence-electron chi connectivity index (χ3n) is 2.82. The SMILES string of the molecule is CC(N)CSCCC(=O)NC1CCCCC1. The van der Waals surface area contributed by atoms with Crippen LogP contribution in [0.4, 0.5) is 0 Å². The number of hydrogen-bond acceptors (Lipinski definition) is 3. The molecule has 1 aliphatic carbocycles. The van der Waals surface area contributed by atoms with Gasteiger partial charge in [0.25, 0.3) is 0 Å². The van der Waals surface area contributed by atoms with E-state index >= 15 is 0 Å². The van der Waals surface area contributed by atoms with Crippen LogP contribution in [0.25, 0.3) is 0 Å². The van der Waals surface area contributed by atoms with E-state index in [1.54, 1.807) is 11.8 Å². The van der Waals surface area contributed by atoms with Crippen molar-refractivity contribution in [2.75, 3.05) is 11.5 Å². The van der Waals surface area contributed by atoms with Crippen molar-refractivity contribution in [1.82, 2.24) is 5.32 Å². The summed E-state index contributed by atoms with van der Waals surface area (Å²) in [5.74, 6) is 2.04. The zero-order chi connectivity index (χ0) is 11.8. The molecule has 0 aromatic heterocycles. The van der Waals surface area contributed by atoms with Crippen LogP contribution >= 0.6 is 11.8 Å². The van der Waals surface area contributed by atoms with Crippen molar-refractivity contribution in [2.45, 2.75) is 57.5 Å². The predicted octanol–water partition coefficient (Wildman–Crippen LogP) is 1.91. The van der Waals surface area contributed by atoms with Gasteiger partial charge in [-0.2, -0.15) is 11.8 Å². The predicted molar refractivity (Wildman–Crippen MR) is 70.6 cm³/mol. The highest BCUT2D eigenvalue weighted by atomic mass is 32.2. The average Bonchev–Trinajstić information content (AvgIpc) is 2.25. The first-order chi connectivity index (χ1) is 7.68. The van der Waals surface area contributed by atoms with Gasteiger partial charge in [-0.25, -0.2) is 0 Å². The molecule has 1 unspecified atom stereocenters. The third-order valence-corrected chi connectivity index (χ3v) is 4.08. The lowest BCUT2D eigenvalue weighted by molar-refractivity contribution is -0.121. The van der Waals surface area contributed by atoms with Crippen molar-refractivity contribution < 1.29 is 4.79 Å². The Hall–Kier alpha value is -0.220. The summed E-state index contributed by atoms with van der Waals surface area (Å²) in [7, 11) is 0. The summed E-state index contributed by atoms with van der Waals surface area (Å²) in [6.45, 7) is 2.00. The first-order valence-electron chi connectivity index (χ1n) is 6.31. The lowest BCUT2D eigenvalue weighted by Crippen LogP contribution is -2.36. The van der Waals surface area contributed by atoms with Gasteiger partial charge in [0.2, 0.25) is 5.91 Å². The van der Waals surface area contributed by atoms with Crippen LogP contribution in [0.2, 0.25) is 0 Å². The molecule has 1 aliphatic rings. The highest BCUT2D eigenvalue weighted by Gasteiger charge is 2.15. The molecule has 1 amide bonds. The number of nitrogens with one attached hydrogen (secondary N) is 1. The molecule has 0 saturated heterocycles. The molecule has 0 radical (unpaired) electrons. The summed E-state index contributed by atoms with van der Waals surface area (Å²) in [4.78, 5) is 11.6. The minimum Gasteiger partial charge on any atom is -0.353 e. The van der Waals surface area contributed by atoms with E-state index in [0.717, 1.165) is 11.5 Å². The molecule has 1 rings (SSSR count). The van der Waals surface area contributed by atoms with E-state index in [2.05, 4.69) is 5.32 Å². The van der Waals surface area contributed by atoms with Crippen molar-refractivity contribution in [3.8, 4) is 0 Å². The molecule has 0 aliphatic heterocycles. The molecule has 0 heterocycles. The molecule has 3 N–H and O–H groups in total. The molecule has 1 fully saturated rings. The fourth-order valence-corrected chi connectivity index (χ4v) is 2.85. The molecule has 16 heavy (non-hydrogen) atoms. The maximum atomic E-state index is 11.6. The second-order valence-corrected chi connectivity index (χ2v) is 5.85. The summed E-state index contributed by atoms with van der Waals surface area (Å²) >= 11 is 1.77. The summed E-state index contributed by atoms with van der Waals surface area (Å²) in [6, 6.07) is 0.672. The number of amides is 1. The normalized spacial score (nSPS) is 19.4. The molecule has 4 heteroatoms. The average molecular weight is 244 g/mol. The van der Waals surface area contributed by atoms with E-state index in [9.17, 15) is 4.79 Å². The van der Waals surface area contributed by atoms with Gasteiger partial charge in [0.1, 0.15) is 0 Å². The Morgan fingerprint density at radius 1 is 1.44 bits per heavy atom. The maximum Gasteiger partial charge on any atom is 0.221 e. The Bertz CT molecular complexity index is 203. The molecular formula is C12H24N2OS. The number of nitrogens with two attached hydrogens (primary N) is 1. The number of hydrogen-bond donors (Lipinski definition) is 2. The van der Waals surface area contributed by atoms with E-state index in [1.165, 1.54) is 32.1 Å². The summed E-state index contributed by atoms with van der Waals surface area (Å²) in [5.41, 5.74) is 5.64. The van der Waals surface area contributed by atoms with Crippen molar-refractivity contribution in [3.63, 3.8) is 0 Å². The van der Waals surface area contributed by atoms with Crippen LogP contribution in [0.15, 0.2) is 0 Å². The van der Waals surface area contributed by atoms with Gasteiger partial charge in [-0.05, 0) is 19.8 Å². The minimum absolute atomic E-state index is 0.212. The van der Waals surface area contributed by atoms with Crippen molar-refractivity contribution >= 4 is 17.7 Å². The minimum atomic E-state index is 0.212. The molecular weight excluding hydrogens is 220 g/mol. The van der Waals surface area contributed by atoms with Gasteiger partial charge in [-0.3, -0.25) is 4.79 Å². The van der Waals surface area contributed by atoms with Gasteiger partial charge < -0.3 is 11.1 Å². The Morgan fingerprint density at radius 2 is 2.12 bits per heavy atom. The Balaban J connectivity index is 2.01. The quantitative estimate of drug-likeness (QED) is 0.702. The Morgan fingerprint density at radius 3 is 2.75 bits per heavy atom. The molecule has 0 aromatic rings. The fraction of sp³-hybridized carbons (Fsp3) is 0.917. The fourth-order valence-electron chi connectivity index (χ4n) is 1.98. The van der Waals surface area contributed by atoms with Crippen LogP contribution in [0, 0.1) is 0 Å². The maximum absolute atomic E-state index is 11.6. The molecule has 3 nitrogen and oxygen atoms in total. The second-order valence-electron chi connectivity index (χ2n) is 4.70. The van der Waals surface area contributed by atoms with Crippen LogP contribution in [0.5, 0.6) is 0 Å². The standard InChI is InChI=1S/C12H24N2OS/c1-10(13)9-16-8-7-12(15)14-11-5-3-2-4-6-11/h10-11H,2-9,13H2,1H3,(H,14,15). The van der Waals surface area contributed by atoms with Gasteiger partial charge >= 0.3 is 0 Å². The summed E-state index contributed by atoms with van der Waals surface area (Å²) in [5, 5.41) is 3.12. The van der Waals surface area contributed by atoms with Gasteiger partial charge in [0.05, 0.1) is 0 Å². The third kappa shape index (κ3) is 6.38. The monoisotopic (exact) mass is 244 g/mol. The lowest BCUT2D eigenvalue weighted by atomic mass is 9.95. The van der Waals surface area contributed by atoms with E-state index in [-0.39, 0.29) is 11.9 Å². The Kier molecular flexibility index (Phi) is 6.88. The number of thioether (sulfide) groups is 1. The first-order valence-corrected chi connectivity index (χ1v) is 7.46. The highest BCUT2D eigenvalue weighted by molar-refractivity contribution is 7.99. The Labute approximate surface area is 103 Å². The lowest BCUT2D eigenvalue weighted by Gasteiger charge is -2.22. The van der Waals surface area contributed by atoms with Gasteiger partial charge in [-0.15, -0.1) is 0 Å². The van der Waals surface area contributed by atoms with Gasteiger partial charge in [0, 0.05) is 30.0 Å². The molecule has 94 valence electrons. The van der Waals surface area contributed by atoms with Crippen LogP contribution in [-0.2, 0) is 4.79 Å². The number of carbonyl (C=O) groups excluding carboxylic acids is 1. The zero-order valence-corrected chi connectivity index (χ0v) is 11.0. The number of carbonyl (C=O) groups is 1. The van der Waals surface area contributed by atoms with E-state index in [0.29, 0.717) is 12.5 Å². The van der Waals surface area contributed by atoms with Crippen LogP contribution < -0.4 is 11.1 Å². The van der Waals surface area contributed by atoms with Crippen LogP contribution in [0.3, 0.4) is 0 Å². The van der Waals surface area contributed by atoms with Gasteiger partial charge in [0.15, 0.2) is 0 Å². The van der Waals surface area contributed by atoms with Crippen molar-refractivity contribution in [3.05, 3.63) is 0 Å². The summed E-state index contributed by atoms with van der Waals surface area (Å²) in [6.07, 6.45) is 6.83. The highest BCUT2D eigenvalue weighted by Crippen LogP contribution is 2.17. The smallest absolute Gasteiger partial charge is 0.221 e. The van der Waals surface area contributed by atoms with E-state index in [1.807, 2.05) is 6.92 Å². The number of rotatable bonds is 6. The van der Waals surface area contributed by atoms with Gasteiger partial charge in [-0.1, -0.05) is 19.3 Å². The van der Waals surface area contributed by atoms with Crippen molar-refractivity contribution in [1.29, 1.82) is 0 Å². The van der Waals surface area contributed by atoms with Crippen molar-refractivity contribution in [2.24, 2.45) is 5.73 Å². The van der Waals surface area contributed by atoms with Crippen LogP contribution in [-0.4, -0.2) is 29.5 Å². The molecule has 0 spiro atoms. The molecule has 0 aromatic carbocycles. The zero-order valence-electron chi connectivity index (χ0n) is 10.2. The largest absolute Gasteiger partial charge is 0.353 e. The molecule has 1 saturated carbocycles.